The fourth-order valence-corrected chi connectivity index (χ4v) is 8.95. The molecule has 0 bridgehead atoms. The Hall–Kier alpha value is -2.18. The molecule has 0 spiro atoms. The molecule has 0 aromatic rings. The summed E-state index contributed by atoms with van der Waals surface area (Å²) in [5.74, 6) is -0.137. The van der Waals surface area contributed by atoms with E-state index >= 15 is 0 Å². The second kappa shape index (κ2) is 57.4. The second-order valence-corrected chi connectivity index (χ2v) is 20.3. The number of hydrogen-bond acceptors (Lipinski definition) is 5. The zero-order valence-corrected chi connectivity index (χ0v) is 45.3. The van der Waals surface area contributed by atoms with Crippen molar-refractivity contribution in [3.8, 4) is 0 Å². The Bertz CT molecular complexity index is 1150. The van der Waals surface area contributed by atoms with Gasteiger partial charge in [0.05, 0.1) is 25.4 Å². The van der Waals surface area contributed by atoms with Crippen LogP contribution in [0.2, 0.25) is 0 Å². The maximum atomic E-state index is 12.5. The summed E-state index contributed by atoms with van der Waals surface area (Å²) in [6.45, 7) is 4.81. The van der Waals surface area contributed by atoms with Crippen LogP contribution in [0.1, 0.15) is 309 Å². The van der Waals surface area contributed by atoms with E-state index in [-0.39, 0.29) is 18.5 Å². The molecular weight excluding hydrogens is 839 g/mol. The first-order valence-corrected chi connectivity index (χ1v) is 29.9. The van der Waals surface area contributed by atoms with Crippen LogP contribution in [-0.4, -0.2) is 47.4 Å². The largest absolute Gasteiger partial charge is 0.466 e. The average molecular weight is 955 g/mol. The van der Waals surface area contributed by atoms with Crippen molar-refractivity contribution in [1.29, 1.82) is 0 Å². The van der Waals surface area contributed by atoms with E-state index < -0.39 is 12.1 Å². The van der Waals surface area contributed by atoms with Crippen LogP contribution >= 0.6 is 0 Å². The van der Waals surface area contributed by atoms with Crippen LogP contribution in [0.4, 0.5) is 0 Å². The van der Waals surface area contributed by atoms with Crippen molar-refractivity contribution < 1.29 is 24.5 Å². The zero-order valence-electron chi connectivity index (χ0n) is 45.3. The number of nitrogens with one attached hydrogen (secondary N) is 1. The third-order valence-corrected chi connectivity index (χ3v) is 13.6. The highest BCUT2D eigenvalue weighted by Crippen LogP contribution is 2.17. The van der Waals surface area contributed by atoms with Crippen molar-refractivity contribution >= 4 is 11.9 Å². The minimum Gasteiger partial charge on any atom is -0.466 e. The topological polar surface area (TPSA) is 95.9 Å². The number of amides is 1. The highest BCUT2D eigenvalue weighted by molar-refractivity contribution is 5.76. The molecule has 2 atom stereocenters. The van der Waals surface area contributed by atoms with Crippen molar-refractivity contribution in [3.63, 3.8) is 0 Å². The lowest BCUT2D eigenvalue weighted by atomic mass is 10.0. The van der Waals surface area contributed by atoms with Gasteiger partial charge in [0.1, 0.15) is 0 Å². The van der Waals surface area contributed by atoms with E-state index in [1.165, 1.54) is 193 Å². The zero-order chi connectivity index (χ0) is 49.3. The average Bonchev–Trinajstić information content (AvgIpc) is 3.34. The molecule has 6 heteroatoms. The smallest absolute Gasteiger partial charge is 0.305 e. The van der Waals surface area contributed by atoms with Crippen molar-refractivity contribution in [2.75, 3.05) is 13.2 Å². The van der Waals surface area contributed by atoms with Gasteiger partial charge >= 0.3 is 5.97 Å². The van der Waals surface area contributed by atoms with E-state index in [9.17, 15) is 19.8 Å². The van der Waals surface area contributed by atoms with E-state index in [2.05, 4.69) is 55.6 Å². The van der Waals surface area contributed by atoms with Crippen molar-refractivity contribution in [2.24, 2.45) is 0 Å². The molecule has 0 aliphatic carbocycles. The lowest BCUT2D eigenvalue weighted by Gasteiger charge is -2.20. The summed E-state index contributed by atoms with van der Waals surface area (Å²) in [5.41, 5.74) is 0. The van der Waals surface area contributed by atoms with Gasteiger partial charge in [-0.2, -0.15) is 0 Å². The van der Waals surface area contributed by atoms with E-state index in [4.69, 9.17) is 4.74 Å². The summed E-state index contributed by atoms with van der Waals surface area (Å²) < 4.78 is 5.45. The number of carbonyl (C=O) groups excluding carboxylic acids is 2. The highest BCUT2D eigenvalue weighted by Gasteiger charge is 2.18. The summed E-state index contributed by atoms with van der Waals surface area (Å²) in [6, 6.07) is -0.652. The number of ether oxygens (including phenoxy) is 1. The van der Waals surface area contributed by atoms with Gasteiger partial charge in [-0.05, 0) is 89.9 Å². The first-order chi connectivity index (χ1) is 33.5. The first kappa shape index (κ1) is 65.8. The molecule has 0 fully saturated rings. The molecule has 0 aromatic heterocycles. The van der Waals surface area contributed by atoms with Gasteiger partial charge in [-0.3, -0.25) is 9.59 Å². The van der Waals surface area contributed by atoms with Crippen LogP contribution in [0.15, 0.2) is 48.6 Å². The van der Waals surface area contributed by atoms with Gasteiger partial charge in [-0.25, -0.2) is 0 Å². The lowest BCUT2D eigenvalue weighted by Crippen LogP contribution is -2.45. The van der Waals surface area contributed by atoms with Crippen LogP contribution < -0.4 is 5.32 Å². The van der Waals surface area contributed by atoms with Gasteiger partial charge in [0.2, 0.25) is 5.91 Å². The van der Waals surface area contributed by atoms with Gasteiger partial charge in [0.15, 0.2) is 0 Å². The van der Waals surface area contributed by atoms with Crippen LogP contribution in [0.25, 0.3) is 0 Å². The molecule has 0 radical (unpaired) electrons. The Labute approximate surface area is 423 Å². The maximum absolute atomic E-state index is 12.5. The van der Waals surface area contributed by atoms with Gasteiger partial charge < -0.3 is 20.3 Å². The summed E-state index contributed by atoms with van der Waals surface area (Å²) in [4.78, 5) is 24.5. The predicted octanol–water partition coefficient (Wildman–Crippen LogP) is 18.6. The minimum atomic E-state index is -0.865. The molecule has 3 N–H and O–H groups in total. The summed E-state index contributed by atoms with van der Waals surface area (Å²) in [6.07, 6.45) is 72.8. The molecular formula is C62H115NO5. The lowest BCUT2D eigenvalue weighted by molar-refractivity contribution is -0.143. The number of esters is 1. The van der Waals surface area contributed by atoms with Crippen molar-refractivity contribution in [3.05, 3.63) is 48.6 Å². The fraction of sp³-hybridized carbons (Fsp3) is 0.839. The molecule has 0 aliphatic rings. The Kier molecular flexibility index (Phi) is 55.6. The van der Waals surface area contributed by atoms with Crippen molar-refractivity contribution in [1.82, 2.24) is 5.32 Å². The third kappa shape index (κ3) is 53.2. The van der Waals surface area contributed by atoms with E-state index in [0.29, 0.717) is 19.4 Å². The first-order valence-electron chi connectivity index (χ1n) is 29.9. The quantitative estimate of drug-likeness (QED) is 0.0321. The van der Waals surface area contributed by atoms with Crippen LogP contribution in [-0.2, 0) is 14.3 Å². The second-order valence-electron chi connectivity index (χ2n) is 20.3. The molecule has 0 aromatic carbocycles. The maximum Gasteiger partial charge on any atom is 0.305 e. The number of hydrogen-bond donors (Lipinski definition) is 3. The number of unbranched alkanes of at least 4 members (excludes halogenated alkanes) is 38. The monoisotopic (exact) mass is 954 g/mol. The number of aliphatic hydroxyl groups is 2. The summed E-state index contributed by atoms with van der Waals surface area (Å²) >= 11 is 0. The summed E-state index contributed by atoms with van der Waals surface area (Å²) in [5, 5.41) is 23.2. The van der Waals surface area contributed by atoms with Crippen LogP contribution in [0.5, 0.6) is 0 Å². The molecule has 0 aliphatic heterocycles. The van der Waals surface area contributed by atoms with Gasteiger partial charge in [-0.15, -0.1) is 0 Å². The Morgan fingerprint density at radius 1 is 0.412 bits per heavy atom. The number of allylic oxidation sites excluding steroid dienone is 7. The van der Waals surface area contributed by atoms with Crippen LogP contribution in [0, 0.1) is 0 Å². The van der Waals surface area contributed by atoms with E-state index in [1.54, 1.807) is 6.08 Å². The molecule has 1 amide bonds. The fourth-order valence-electron chi connectivity index (χ4n) is 8.95. The highest BCUT2D eigenvalue weighted by atomic mass is 16.5. The molecule has 0 saturated carbocycles. The number of rotatable bonds is 55. The SMILES string of the molecule is CCCCC/C=C\C/C=C\CCCCCCCCCC(=O)OCCCC/C=C\CCCCCCCC(=O)NC(CO)C(O)/C=C/CCCCCCCCCCCCCCCCCCCCCCC. The molecule has 2 unspecified atom stereocenters. The Morgan fingerprint density at radius 3 is 1.16 bits per heavy atom. The number of aliphatic hydroxyl groups excluding tert-OH is 2. The third-order valence-electron chi connectivity index (χ3n) is 13.6. The van der Waals surface area contributed by atoms with Crippen molar-refractivity contribution in [2.45, 2.75) is 321 Å². The molecule has 0 rings (SSSR count). The van der Waals surface area contributed by atoms with Gasteiger partial charge in [0, 0.05) is 12.8 Å². The van der Waals surface area contributed by atoms with Gasteiger partial charge in [0.25, 0.3) is 0 Å². The summed E-state index contributed by atoms with van der Waals surface area (Å²) in [7, 11) is 0. The molecule has 398 valence electrons. The normalized spacial score (nSPS) is 12.9. The molecule has 68 heavy (non-hydrogen) atoms. The Morgan fingerprint density at radius 2 is 0.735 bits per heavy atom. The number of carbonyl (C=O) groups is 2. The Balaban J connectivity index is 3.54. The van der Waals surface area contributed by atoms with Gasteiger partial charge in [-0.1, -0.05) is 255 Å². The van der Waals surface area contributed by atoms with Crippen LogP contribution in [0.3, 0.4) is 0 Å². The molecule has 6 nitrogen and oxygen atoms in total. The predicted molar refractivity (Wildman–Crippen MR) is 296 cm³/mol. The molecule has 0 saturated heterocycles. The minimum absolute atomic E-state index is 0.0406. The van der Waals surface area contributed by atoms with E-state index in [1.807, 2.05) is 6.08 Å². The van der Waals surface area contributed by atoms with E-state index in [0.717, 1.165) is 89.9 Å². The standard InChI is InChI=1S/C62H115NO5/c1-3-5-7-9-11-13-15-17-19-21-22-23-24-25-26-28-29-31-34-38-42-46-50-54-60(65)59(58-64)63-61(66)55-51-47-43-39-35-33-37-41-45-49-53-57-68-62(67)56-52-48-44-40-36-32-30-27-20-18-16-14-12-10-8-6-4-2/h12,14,18,20,37,41,50,54,59-60,64-65H,3-11,13,15-17,19,21-36,38-40,42-49,51-53,55-58H2,1-2H3,(H,63,66)/b14-12-,20-18-,41-37-,54-50+. The molecule has 0 heterocycles.